The van der Waals surface area contributed by atoms with Gasteiger partial charge in [0.15, 0.2) is 0 Å². The van der Waals surface area contributed by atoms with Crippen molar-refractivity contribution < 1.29 is 0 Å². The largest absolute Gasteiger partial charge is 0.309 e. The lowest BCUT2D eigenvalue weighted by atomic mass is 10.1. The monoisotopic (exact) mass is 599 g/mol. The highest BCUT2D eigenvalue weighted by atomic mass is 15.1. The number of hydrogen-bond donors (Lipinski definition) is 0. The molecule has 0 aliphatic carbocycles. The molecule has 5 nitrogen and oxygen atoms in total. The molecule has 47 heavy (non-hydrogen) atoms. The van der Waals surface area contributed by atoms with Gasteiger partial charge in [-0.25, -0.2) is 4.98 Å². The maximum absolute atomic E-state index is 9.54. The molecule has 4 heterocycles. The van der Waals surface area contributed by atoms with Crippen LogP contribution < -0.4 is 0 Å². The van der Waals surface area contributed by atoms with Crippen LogP contribution in [0.5, 0.6) is 0 Å². The third-order valence-corrected chi connectivity index (χ3v) is 9.52. The third-order valence-electron chi connectivity index (χ3n) is 9.52. The van der Waals surface area contributed by atoms with E-state index in [9.17, 15) is 5.26 Å². The number of nitrogens with zero attached hydrogens (tertiary/aromatic N) is 5. The van der Waals surface area contributed by atoms with E-state index >= 15 is 0 Å². The molecule has 6 aromatic carbocycles. The van der Waals surface area contributed by atoms with Gasteiger partial charge in [0.2, 0.25) is 0 Å². The molecule has 0 radical (unpaired) electrons. The summed E-state index contributed by atoms with van der Waals surface area (Å²) in [4.78, 5) is 5.03. The Balaban J connectivity index is 1.16. The van der Waals surface area contributed by atoms with E-state index in [0.717, 1.165) is 50.0 Å². The third kappa shape index (κ3) is 3.61. The van der Waals surface area contributed by atoms with E-state index in [1.54, 1.807) is 0 Å². The maximum Gasteiger partial charge on any atom is 0.137 e. The van der Waals surface area contributed by atoms with Gasteiger partial charge in [0.1, 0.15) is 5.82 Å². The number of hydrogen-bond acceptors (Lipinski definition) is 2. The van der Waals surface area contributed by atoms with E-state index in [1.165, 1.54) is 32.6 Å². The van der Waals surface area contributed by atoms with Crippen molar-refractivity contribution in [1.82, 2.24) is 18.7 Å². The van der Waals surface area contributed by atoms with Crippen LogP contribution in [0.2, 0.25) is 0 Å². The van der Waals surface area contributed by atoms with Crippen molar-refractivity contribution >= 4 is 65.4 Å². The summed E-state index contributed by atoms with van der Waals surface area (Å²) in [5.41, 5.74) is 9.54. The molecular formula is C42H25N5. The van der Waals surface area contributed by atoms with E-state index in [4.69, 9.17) is 4.98 Å². The SMILES string of the molecule is N#Cc1ccc2c(c1)c1ccccc1n2-c1ccc(-n2c3ccccc3c3cc(-n4c5ccccc5c5ccccc54)ccc32)cn1. The smallest absolute Gasteiger partial charge is 0.137 e. The second-order valence-corrected chi connectivity index (χ2v) is 12.0. The van der Waals surface area contributed by atoms with Crippen LogP contribution in [-0.4, -0.2) is 18.7 Å². The summed E-state index contributed by atoms with van der Waals surface area (Å²) in [6, 6.07) is 53.3. The lowest BCUT2D eigenvalue weighted by molar-refractivity contribution is 1.05. The molecule has 218 valence electrons. The van der Waals surface area contributed by atoms with E-state index in [2.05, 4.69) is 135 Å². The van der Waals surface area contributed by atoms with Crippen LogP contribution in [0, 0.1) is 11.3 Å². The molecule has 0 bridgehead atoms. The minimum Gasteiger partial charge on any atom is -0.309 e. The van der Waals surface area contributed by atoms with Crippen molar-refractivity contribution in [3.8, 4) is 23.3 Å². The molecule has 0 aliphatic rings. The predicted molar refractivity (Wildman–Crippen MR) is 192 cm³/mol. The van der Waals surface area contributed by atoms with Crippen molar-refractivity contribution in [3.05, 3.63) is 157 Å². The first-order valence-corrected chi connectivity index (χ1v) is 15.7. The number of benzene rings is 6. The van der Waals surface area contributed by atoms with Crippen molar-refractivity contribution in [2.75, 3.05) is 0 Å². The molecule has 0 saturated heterocycles. The Morgan fingerprint density at radius 1 is 0.404 bits per heavy atom. The fraction of sp³-hybridized carbons (Fsp3) is 0. The fourth-order valence-electron chi connectivity index (χ4n) is 7.51. The lowest BCUT2D eigenvalue weighted by Crippen LogP contribution is -2.00. The number of rotatable bonds is 3. The van der Waals surface area contributed by atoms with Crippen LogP contribution in [0.25, 0.3) is 82.6 Å². The number of nitriles is 1. The zero-order valence-electron chi connectivity index (χ0n) is 25.2. The van der Waals surface area contributed by atoms with Crippen LogP contribution in [0.1, 0.15) is 5.56 Å². The van der Waals surface area contributed by atoms with Gasteiger partial charge in [-0.2, -0.15) is 5.26 Å². The molecule has 5 heteroatoms. The molecule has 0 unspecified atom stereocenters. The molecule has 10 rings (SSSR count). The van der Waals surface area contributed by atoms with Crippen molar-refractivity contribution in [3.63, 3.8) is 0 Å². The Kier molecular flexibility index (Phi) is 5.28. The van der Waals surface area contributed by atoms with Gasteiger partial charge in [-0.15, -0.1) is 0 Å². The molecule has 0 N–H and O–H groups in total. The van der Waals surface area contributed by atoms with Crippen LogP contribution in [0.3, 0.4) is 0 Å². The highest BCUT2D eigenvalue weighted by Gasteiger charge is 2.18. The van der Waals surface area contributed by atoms with Gasteiger partial charge in [-0.05, 0) is 72.8 Å². The van der Waals surface area contributed by atoms with E-state index < -0.39 is 0 Å². The standard InChI is InChI=1S/C42H25N5/c43-25-27-17-20-41-34(23-27)32-11-4-8-16-39(32)47(41)42-22-19-29(26-44-42)46-38-15-7-3-12-33(38)35-24-28(18-21-40(35)46)45-36-13-5-1-9-30(36)31-10-2-6-14-37(31)45/h1-24,26H. The highest BCUT2D eigenvalue weighted by Crippen LogP contribution is 2.37. The molecule has 0 spiro atoms. The normalized spacial score (nSPS) is 11.8. The molecule has 0 aliphatic heterocycles. The fourth-order valence-corrected chi connectivity index (χ4v) is 7.51. The summed E-state index contributed by atoms with van der Waals surface area (Å²) in [6.45, 7) is 0. The summed E-state index contributed by atoms with van der Waals surface area (Å²) < 4.78 is 6.86. The molecule has 0 atom stereocenters. The predicted octanol–water partition coefficient (Wildman–Crippen LogP) is 10.2. The number of fused-ring (bicyclic) bond motifs is 9. The number of pyridine rings is 1. The van der Waals surface area contributed by atoms with E-state index in [0.29, 0.717) is 5.56 Å². The Hall–Kier alpha value is -6.64. The average Bonchev–Trinajstić information content (AvgIpc) is 3.77. The van der Waals surface area contributed by atoms with Gasteiger partial charge < -0.3 is 9.13 Å². The van der Waals surface area contributed by atoms with Crippen molar-refractivity contribution in [2.45, 2.75) is 0 Å². The van der Waals surface area contributed by atoms with Crippen LogP contribution in [-0.2, 0) is 0 Å². The van der Waals surface area contributed by atoms with Gasteiger partial charge in [-0.1, -0.05) is 72.8 Å². The molecule has 10 aromatic rings. The van der Waals surface area contributed by atoms with E-state index in [-0.39, 0.29) is 0 Å². The Morgan fingerprint density at radius 2 is 0.851 bits per heavy atom. The maximum atomic E-state index is 9.54. The number of aromatic nitrogens is 4. The molecular weight excluding hydrogens is 574 g/mol. The lowest BCUT2D eigenvalue weighted by Gasteiger charge is -2.11. The molecule has 4 aromatic heterocycles. The summed E-state index contributed by atoms with van der Waals surface area (Å²) in [5, 5.41) is 16.6. The minimum absolute atomic E-state index is 0.649. The molecule has 0 fully saturated rings. The second kappa shape index (κ2) is 9.68. The van der Waals surface area contributed by atoms with E-state index in [1.807, 2.05) is 36.5 Å². The first kappa shape index (κ1) is 25.7. The Morgan fingerprint density at radius 3 is 1.43 bits per heavy atom. The quantitative estimate of drug-likeness (QED) is 0.203. The zero-order valence-corrected chi connectivity index (χ0v) is 25.2. The summed E-state index contributed by atoms with van der Waals surface area (Å²) >= 11 is 0. The summed E-state index contributed by atoms with van der Waals surface area (Å²) in [6.07, 6.45) is 1.96. The summed E-state index contributed by atoms with van der Waals surface area (Å²) in [5.74, 6) is 0.832. The van der Waals surface area contributed by atoms with Crippen LogP contribution in [0.15, 0.2) is 152 Å². The summed E-state index contributed by atoms with van der Waals surface area (Å²) in [7, 11) is 0. The van der Waals surface area contributed by atoms with Gasteiger partial charge in [0, 0.05) is 38.0 Å². The van der Waals surface area contributed by atoms with Gasteiger partial charge in [0.05, 0.1) is 56.6 Å². The first-order chi connectivity index (χ1) is 23.3. The first-order valence-electron chi connectivity index (χ1n) is 15.7. The van der Waals surface area contributed by atoms with Crippen molar-refractivity contribution in [2.24, 2.45) is 0 Å². The Labute approximate surface area is 269 Å². The van der Waals surface area contributed by atoms with Crippen LogP contribution >= 0.6 is 0 Å². The number of para-hydroxylation sites is 4. The molecule has 0 amide bonds. The topological polar surface area (TPSA) is 51.5 Å². The van der Waals surface area contributed by atoms with Crippen molar-refractivity contribution in [1.29, 1.82) is 5.26 Å². The van der Waals surface area contributed by atoms with Gasteiger partial charge >= 0.3 is 0 Å². The van der Waals surface area contributed by atoms with Gasteiger partial charge in [-0.3, -0.25) is 4.57 Å². The zero-order chi connectivity index (χ0) is 31.1. The average molecular weight is 600 g/mol. The van der Waals surface area contributed by atoms with Crippen LogP contribution in [0.4, 0.5) is 0 Å². The Bertz CT molecular complexity index is 2860. The second-order valence-electron chi connectivity index (χ2n) is 12.0. The highest BCUT2D eigenvalue weighted by molar-refractivity contribution is 6.12. The van der Waals surface area contributed by atoms with Gasteiger partial charge in [0.25, 0.3) is 0 Å². The molecule has 0 saturated carbocycles. The minimum atomic E-state index is 0.649.